The quantitative estimate of drug-likeness (QED) is 0.455. The summed E-state index contributed by atoms with van der Waals surface area (Å²) < 4.78 is 41.0. The molecule has 0 bridgehead atoms. The van der Waals surface area contributed by atoms with Crippen LogP contribution in [0, 0.1) is 5.41 Å². The van der Waals surface area contributed by atoms with E-state index in [4.69, 9.17) is 0 Å². The molecule has 38 heavy (non-hydrogen) atoms. The fourth-order valence-corrected chi connectivity index (χ4v) is 4.17. The number of H-pyrrole nitrogens is 1. The first-order chi connectivity index (χ1) is 17.8. The Labute approximate surface area is 218 Å². The van der Waals surface area contributed by atoms with Crippen molar-refractivity contribution in [2.24, 2.45) is 5.41 Å². The van der Waals surface area contributed by atoms with Gasteiger partial charge in [0.15, 0.2) is 0 Å². The number of hydrogen-bond donors (Lipinski definition) is 3. The van der Waals surface area contributed by atoms with E-state index in [0.29, 0.717) is 37.6 Å². The molecule has 202 valence electrons. The van der Waals surface area contributed by atoms with E-state index in [1.807, 2.05) is 4.90 Å². The molecular formula is C27H30F3N5O3. The molecule has 1 aliphatic heterocycles. The fourth-order valence-electron chi connectivity index (χ4n) is 4.17. The smallest absolute Gasteiger partial charge is 0.383 e. The van der Waals surface area contributed by atoms with Gasteiger partial charge in [0.1, 0.15) is 17.6 Å². The lowest BCUT2D eigenvalue weighted by atomic mass is 9.88. The number of carbonyl (C=O) groups is 2. The number of nitrogens with one attached hydrogen (secondary N) is 2. The minimum atomic E-state index is -4.72. The van der Waals surface area contributed by atoms with E-state index in [-0.39, 0.29) is 17.3 Å². The molecule has 4 rings (SSSR count). The van der Waals surface area contributed by atoms with Crippen LogP contribution in [0.25, 0.3) is 11.3 Å². The number of aliphatic hydroxyl groups excluding tert-OH is 1. The molecule has 0 spiro atoms. The lowest BCUT2D eigenvalue weighted by Crippen LogP contribution is -2.53. The van der Waals surface area contributed by atoms with Gasteiger partial charge in [-0.3, -0.25) is 9.59 Å². The zero-order valence-corrected chi connectivity index (χ0v) is 21.3. The highest BCUT2D eigenvalue weighted by Crippen LogP contribution is 2.35. The van der Waals surface area contributed by atoms with Crippen molar-refractivity contribution in [3.63, 3.8) is 0 Å². The Balaban J connectivity index is 1.42. The van der Waals surface area contributed by atoms with Crippen LogP contribution in [-0.2, 0) is 11.0 Å². The molecule has 2 aromatic heterocycles. The Hall–Kier alpha value is -3.86. The molecule has 0 radical (unpaired) electrons. The zero-order valence-electron chi connectivity index (χ0n) is 21.3. The third-order valence-electron chi connectivity index (χ3n) is 6.41. The van der Waals surface area contributed by atoms with Crippen LogP contribution in [0.1, 0.15) is 36.8 Å². The number of anilines is 2. The number of carbonyl (C=O) groups excluding carboxylic acids is 2. The van der Waals surface area contributed by atoms with Gasteiger partial charge in [0, 0.05) is 31.9 Å². The van der Waals surface area contributed by atoms with Gasteiger partial charge >= 0.3 is 6.18 Å². The van der Waals surface area contributed by atoms with Crippen LogP contribution in [-0.4, -0.2) is 64.1 Å². The van der Waals surface area contributed by atoms with Crippen LogP contribution in [0.4, 0.5) is 24.7 Å². The molecule has 1 aliphatic rings. The number of alkyl halides is 3. The van der Waals surface area contributed by atoms with Crippen molar-refractivity contribution in [3.05, 3.63) is 66.0 Å². The number of hydrogen-bond acceptors (Lipinski definition) is 5. The monoisotopic (exact) mass is 529 g/mol. The highest BCUT2D eigenvalue weighted by molar-refractivity contribution is 6.04. The SMILES string of the molecule is CC(C)(C)[C@@H](O)C(=O)N1CCN(c2ccc(NC(=O)c3[nH]c(-c4ccccc4)cc3C(F)(F)F)cn2)CC1. The van der Waals surface area contributed by atoms with Crippen molar-refractivity contribution in [1.82, 2.24) is 14.9 Å². The maximum absolute atomic E-state index is 13.7. The number of aromatic nitrogens is 2. The molecule has 0 aliphatic carbocycles. The highest BCUT2D eigenvalue weighted by atomic mass is 19.4. The molecule has 11 heteroatoms. The van der Waals surface area contributed by atoms with Gasteiger partial charge in [-0.2, -0.15) is 13.2 Å². The number of aromatic amines is 1. The Morgan fingerprint density at radius 3 is 2.24 bits per heavy atom. The first-order valence-corrected chi connectivity index (χ1v) is 12.2. The van der Waals surface area contributed by atoms with Crippen LogP contribution in [0.2, 0.25) is 0 Å². The summed E-state index contributed by atoms with van der Waals surface area (Å²) >= 11 is 0. The largest absolute Gasteiger partial charge is 0.418 e. The fraction of sp³-hybridized carbons (Fsp3) is 0.370. The summed E-state index contributed by atoms with van der Waals surface area (Å²) in [5.74, 6) is -0.631. The molecular weight excluding hydrogens is 499 g/mol. The van der Waals surface area contributed by atoms with Crippen molar-refractivity contribution in [1.29, 1.82) is 0 Å². The van der Waals surface area contributed by atoms with Crippen LogP contribution >= 0.6 is 0 Å². The molecule has 1 aromatic carbocycles. The second-order valence-corrected chi connectivity index (χ2v) is 10.3. The number of pyridine rings is 1. The van der Waals surface area contributed by atoms with E-state index >= 15 is 0 Å². The lowest BCUT2D eigenvalue weighted by molar-refractivity contribution is -0.146. The van der Waals surface area contributed by atoms with Crippen molar-refractivity contribution in [2.45, 2.75) is 33.1 Å². The average Bonchev–Trinajstić information content (AvgIpc) is 3.35. The summed E-state index contributed by atoms with van der Waals surface area (Å²) in [6.45, 7) is 7.25. The second kappa shape index (κ2) is 10.5. The van der Waals surface area contributed by atoms with Crippen molar-refractivity contribution in [3.8, 4) is 11.3 Å². The molecule has 0 unspecified atom stereocenters. The minimum absolute atomic E-state index is 0.184. The normalized spacial score (nSPS) is 15.3. The second-order valence-electron chi connectivity index (χ2n) is 10.3. The van der Waals surface area contributed by atoms with E-state index in [0.717, 1.165) is 6.07 Å². The summed E-state index contributed by atoms with van der Waals surface area (Å²) in [5.41, 5.74) is -1.24. The number of halogens is 3. The van der Waals surface area contributed by atoms with Gasteiger partial charge in [0.25, 0.3) is 11.8 Å². The van der Waals surface area contributed by atoms with E-state index in [2.05, 4.69) is 15.3 Å². The van der Waals surface area contributed by atoms with Gasteiger partial charge < -0.3 is 25.2 Å². The standard InChI is InChI=1S/C27H30F3N5O3/c1-26(2,3)23(36)25(38)35-13-11-34(12-14-35)21-10-9-18(16-31-21)32-24(37)22-19(27(28,29)30)15-20(33-22)17-7-5-4-6-8-17/h4-10,15-16,23,33,36H,11-14H2,1-3H3,(H,32,37)/t23-/m0/s1. The van der Waals surface area contributed by atoms with E-state index in [9.17, 15) is 27.9 Å². The number of aliphatic hydroxyl groups is 1. The van der Waals surface area contributed by atoms with E-state index < -0.39 is 34.9 Å². The third kappa shape index (κ3) is 5.99. The highest BCUT2D eigenvalue weighted by Gasteiger charge is 2.38. The van der Waals surface area contributed by atoms with Gasteiger partial charge in [0.05, 0.1) is 17.4 Å². The average molecular weight is 530 g/mol. The van der Waals surface area contributed by atoms with Crippen molar-refractivity contribution >= 4 is 23.3 Å². The first-order valence-electron chi connectivity index (χ1n) is 12.2. The Bertz CT molecular complexity index is 1280. The number of rotatable bonds is 5. The summed E-state index contributed by atoms with van der Waals surface area (Å²) in [4.78, 5) is 35.9. The summed E-state index contributed by atoms with van der Waals surface area (Å²) in [5, 5.41) is 12.8. The zero-order chi connectivity index (χ0) is 27.7. The Morgan fingerprint density at radius 2 is 1.68 bits per heavy atom. The predicted molar refractivity (Wildman–Crippen MR) is 138 cm³/mol. The van der Waals surface area contributed by atoms with Gasteiger partial charge in [-0.15, -0.1) is 0 Å². The maximum atomic E-state index is 13.7. The number of benzene rings is 1. The van der Waals surface area contributed by atoms with Crippen LogP contribution in [0.3, 0.4) is 0 Å². The van der Waals surface area contributed by atoms with Gasteiger partial charge in [0.2, 0.25) is 0 Å². The molecule has 1 saturated heterocycles. The topological polar surface area (TPSA) is 102 Å². The van der Waals surface area contributed by atoms with E-state index in [1.165, 1.54) is 6.20 Å². The van der Waals surface area contributed by atoms with Gasteiger partial charge in [-0.25, -0.2) is 4.98 Å². The molecule has 8 nitrogen and oxygen atoms in total. The molecule has 3 aromatic rings. The summed E-state index contributed by atoms with van der Waals surface area (Å²) in [6, 6.07) is 12.6. The van der Waals surface area contributed by atoms with Gasteiger partial charge in [-0.05, 0) is 29.2 Å². The number of piperazine rings is 1. The molecule has 2 amide bonds. The first kappa shape index (κ1) is 27.2. The van der Waals surface area contributed by atoms with Crippen LogP contribution in [0.15, 0.2) is 54.7 Å². The number of nitrogens with zero attached hydrogens (tertiary/aromatic N) is 3. The predicted octanol–water partition coefficient (Wildman–Crippen LogP) is 4.40. The minimum Gasteiger partial charge on any atom is -0.383 e. The van der Waals surface area contributed by atoms with Crippen LogP contribution in [0.5, 0.6) is 0 Å². The number of amides is 2. The van der Waals surface area contributed by atoms with E-state index in [1.54, 1.807) is 68.1 Å². The molecule has 1 fully saturated rings. The maximum Gasteiger partial charge on any atom is 0.418 e. The van der Waals surface area contributed by atoms with Crippen molar-refractivity contribution < 1.29 is 27.9 Å². The van der Waals surface area contributed by atoms with Crippen LogP contribution < -0.4 is 10.2 Å². The lowest BCUT2D eigenvalue weighted by Gasteiger charge is -2.38. The van der Waals surface area contributed by atoms with Crippen molar-refractivity contribution in [2.75, 3.05) is 36.4 Å². The Morgan fingerprint density at radius 1 is 1.03 bits per heavy atom. The Kier molecular flexibility index (Phi) is 7.50. The summed E-state index contributed by atoms with van der Waals surface area (Å²) in [7, 11) is 0. The molecule has 3 N–H and O–H groups in total. The third-order valence-corrected chi connectivity index (χ3v) is 6.41. The molecule has 3 heterocycles. The summed E-state index contributed by atoms with van der Waals surface area (Å²) in [6.07, 6.45) is -4.43. The van der Waals surface area contributed by atoms with Gasteiger partial charge in [-0.1, -0.05) is 51.1 Å². The molecule has 0 saturated carbocycles. The molecule has 1 atom stereocenters.